The first-order chi connectivity index (χ1) is 15.6. The van der Waals surface area contributed by atoms with Crippen molar-refractivity contribution < 1.29 is 4.79 Å². The number of halogens is 1. The summed E-state index contributed by atoms with van der Waals surface area (Å²) in [5.74, 6) is -0.145. The normalized spacial score (nSPS) is 10.8. The zero-order chi connectivity index (χ0) is 22.3. The number of aryl methyl sites for hydroxylation is 1. The summed E-state index contributed by atoms with van der Waals surface area (Å²) in [5.41, 5.74) is 6.22. The first-order valence-electron chi connectivity index (χ1n) is 10.9. The van der Waals surface area contributed by atoms with Crippen LogP contribution >= 0.6 is 22.6 Å². The number of nitrogens with zero attached hydrogens (tertiary/aromatic N) is 2. The standard InChI is InChI=1S/C27H26IN3O/c1-2-3-5-20-8-10-22(11-9-20)23-12-14-25(15-13-23)31-19-29-18-26(31)27(32)30-17-21-6-4-7-24(28)16-21/h4,6-16,18-19H,2-3,5,17H2,1H3,(H,30,32). The molecule has 0 aliphatic rings. The quantitative estimate of drug-likeness (QED) is 0.265. The molecule has 0 aliphatic heterocycles. The van der Waals surface area contributed by atoms with Crippen LogP contribution in [0.15, 0.2) is 85.3 Å². The Kier molecular flexibility index (Phi) is 7.37. The maximum atomic E-state index is 12.8. The second-order valence-electron chi connectivity index (χ2n) is 7.81. The molecule has 1 N–H and O–H groups in total. The summed E-state index contributed by atoms with van der Waals surface area (Å²) in [4.78, 5) is 17.0. The molecule has 0 saturated carbocycles. The van der Waals surface area contributed by atoms with Crippen molar-refractivity contribution in [3.8, 4) is 16.8 Å². The zero-order valence-electron chi connectivity index (χ0n) is 18.1. The lowest BCUT2D eigenvalue weighted by molar-refractivity contribution is 0.0944. The molecular formula is C27H26IN3O. The number of carbonyl (C=O) groups is 1. The van der Waals surface area contributed by atoms with Crippen LogP contribution in [-0.4, -0.2) is 15.5 Å². The van der Waals surface area contributed by atoms with Gasteiger partial charge in [0.15, 0.2) is 0 Å². The Labute approximate surface area is 202 Å². The van der Waals surface area contributed by atoms with Crippen LogP contribution in [-0.2, 0) is 13.0 Å². The van der Waals surface area contributed by atoms with E-state index in [2.05, 4.69) is 82.3 Å². The number of benzene rings is 3. The summed E-state index contributed by atoms with van der Waals surface area (Å²) < 4.78 is 2.97. The zero-order valence-corrected chi connectivity index (χ0v) is 20.2. The molecule has 0 fully saturated rings. The van der Waals surface area contributed by atoms with Crippen LogP contribution in [0, 0.1) is 3.57 Å². The van der Waals surface area contributed by atoms with E-state index in [9.17, 15) is 4.79 Å². The lowest BCUT2D eigenvalue weighted by atomic mass is 10.0. The fourth-order valence-corrected chi connectivity index (χ4v) is 4.26. The highest BCUT2D eigenvalue weighted by Gasteiger charge is 2.13. The van der Waals surface area contributed by atoms with Gasteiger partial charge in [-0.2, -0.15) is 0 Å². The molecule has 0 saturated heterocycles. The monoisotopic (exact) mass is 535 g/mol. The molecule has 3 aromatic carbocycles. The van der Waals surface area contributed by atoms with E-state index in [0.29, 0.717) is 12.2 Å². The van der Waals surface area contributed by atoms with Crippen LogP contribution in [0.25, 0.3) is 16.8 Å². The maximum Gasteiger partial charge on any atom is 0.270 e. The largest absolute Gasteiger partial charge is 0.347 e. The van der Waals surface area contributed by atoms with Gasteiger partial charge in [0.2, 0.25) is 0 Å². The predicted octanol–water partition coefficient (Wildman–Crippen LogP) is 6.42. The van der Waals surface area contributed by atoms with Crippen molar-refractivity contribution >= 4 is 28.5 Å². The van der Waals surface area contributed by atoms with Crippen molar-refractivity contribution in [3.63, 3.8) is 0 Å². The van der Waals surface area contributed by atoms with Crippen molar-refractivity contribution in [2.24, 2.45) is 0 Å². The van der Waals surface area contributed by atoms with Crippen molar-refractivity contribution in [1.29, 1.82) is 0 Å². The molecule has 32 heavy (non-hydrogen) atoms. The number of amides is 1. The minimum absolute atomic E-state index is 0.145. The molecule has 0 aliphatic carbocycles. The topological polar surface area (TPSA) is 46.9 Å². The fourth-order valence-electron chi connectivity index (χ4n) is 3.65. The molecule has 1 heterocycles. The number of unbranched alkanes of at least 4 members (excludes halogenated alkanes) is 1. The molecule has 4 aromatic rings. The van der Waals surface area contributed by atoms with Gasteiger partial charge in [-0.05, 0) is 82.0 Å². The number of imidazole rings is 1. The van der Waals surface area contributed by atoms with Crippen LogP contribution in [0.3, 0.4) is 0 Å². The average Bonchev–Trinajstić information content (AvgIpc) is 3.32. The second kappa shape index (κ2) is 10.6. The average molecular weight is 535 g/mol. The molecule has 4 nitrogen and oxygen atoms in total. The summed E-state index contributed by atoms with van der Waals surface area (Å²) in [5, 5.41) is 2.99. The molecule has 0 unspecified atom stereocenters. The molecule has 1 amide bonds. The highest BCUT2D eigenvalue weighted by Crippen LogP contribution is 2.23. The first-order valence-corrected chi connectivity index (χ1v) is 12.0. The molecule has 0 spiro atoms. The van der Waals surface area contributed by atoms with Gasteiger partial charge in [-0.3, -0.25) is 9.36 Å². The Morgan fingerprint density at radius 3 is 2.38 bits per heavy atom. The Balaban J connectivity index is 1.46. The van der Waals surface area contributed by atoms with Crippen molar-refractivity contribution in [1.82, 2.24) is 14.9 Å². The minimum atomic E-state index is -0.145. The summed E-state index contributed by atoms with van der Waals surface area (Å²) in [6.07, 6.45) is 6.85. The first kappa shape index (κ1) is 22.3. The van der Waals surface area contributed by atoms with Gasteiger partial charge < -0.3 is 5.32 Å². The van der Waals surface area contributed by atoms with Gasteiger partial charge in [0.1, 0.15) is 5.69 Å². The van der Waals surface area contributed by atoms with Crippen LogP contribution < -0.4 is 5.32 Å². The number of aromatic nitrogens is 2. The van der Waals surface area contributed by atoms with Crippen LogP contribution in [0.1, 0.15) is 41.4 Å². The molecule has 162 valence electrons. The summed E-state index contributed by atoms with van der Waals surface area (Å²) in [6, 6.07) is 25.1. The highest BCUT2D eigenvalue weighted by atomic mass is 127. The van der Waals surface area contributed by atoms with Crippen molar-refractivity contribution in [3.05, 3.63) is 106 Å². The van der Waals surface area contributed by atoms with E-state index < -0.39 is 0 Å². The van der Waals surface area contributed by atoms with Gasteiger partial charge in [-0.25, -0.2) is 4.98 Å². The molecule has 1 aromatic heterocycles. The molecule has 4 rings (SSSR count). The predicted molar refractivity (Wildman–Crippen MR) is 138 cm³/mol. The maximum absolute atomic E-state index is 12.8. The molecule has 5 heteroatoms. The third kappa shape index (κ3) is 5.46. The number of hydrogen-bond acceptors (Lipinski definition) is 2. The number of rotatable bonds is 8. The van der Waals surface area contributed by atoms with Gasteiger partial charge in [0.25, 0.3) is 5.91 Å². The van der Waals surface area contributed by atoms with Gasteiger partial charge in [0, 0.05) is 15.8 Å². The molecule has 0 atom stereocenters. The van der Waals surface area contributed by atoms with Gasteiger partial charge in [0.05, 0.1) is 12.5 Å². The molecule has 0 bridgehead atoms. The number of nitrogens with one attached hydrogen (secondary N) is 1. The molecular weight excluding hydrogens is 509 g/mol. The lowest BCUT2D eigenvalue weighted by Gasteiger charge is -2.10. The van der Waals surface area contributed by atoms with Crippen LogP contribution in [0.4, 0.5) is 0 Å². The van der Waals surface area contributed by atoms with Gasteiger partial charge >= 0.3 is 0 Å². The van der Waals surface area contributed by atoms with E-state index in [-0.39, 0.29) is 5.91 Å². The van der Waals surface area contributed by atoms with E-state index in [0.717, 1.165) is 26.8 Å². The van der Waals surface area contributed by atoms with E-state index >= 15 is 0 Å². The van der Waals surface area contributed by atoms with Gasteiger partial charge in [-0.15, -0.1) is 0 Å². The Hall–Kier alpha value is -2.93. The van der Waals surface area contributed by atoms with Crippen LogP contribution in [0.2, 0.25) is 0 Å². The van der Waals surface area contributed by atoms with E-state index in [1.165, 1.54) is 24.0 Å². The van der Waals surface area contributed by atoms with E-state index in [1.807, 2.05) is 34.9 Å². The van der Waals surface area contributed by atoms with E-state index in [1.54, 1.807) is 12.5 Å². The number of hydrogen-bond donors (Lipinski definition) is 1. The third-order valence-electron chi connectivity index (χ3n) is 5.46. The summed E-state index contributed by atoms with van der Waals surface area (Å²) in [6.45, 7) is 2.70. The Bertz CT molecular complexity index is 1180. The number of carbonyl (C=O) groups excluding carboxylic acids is 1. The minimum Gasteiger partial charge on any atom is -0.347 e. The summed E-state index contributed by atoms with van der Waals surface area (Å²) >= 11 is 2.27. The van der Waals surface area contributed by atoms with E-state index in [4.69, 9.17) is 0 Å². The smallest absolute Gasteiger partial charge is 0.270 e. The lowest BCUT2D eigenvalue weighted by Crippen LogP contribution is -2.25. The fraction of sp³-hybridized carbons (Fsp3) is 0.185. The second-order valence-corrected chi connectivity index (χ2v) is 9.05. The highest BCUT2D eigenvalue weighted by molar-refractivity contribution is 14.1. The third-order valence-corrected chi connectivity index (χ3v) is 6.14. The van der Waals surface area contributed by atoms with Gasteiger partial charge in [-0.1, -0.05) is 61.9 Å². The van der Waals surface area contributed by atoms with Crippen molar-refractivity contribution in [2.45, 2.75) is 32.7 Å². The Morgan fingerprint density at radius 1 is 0.969 bits per heavy atom. The molecule has 0 radical (unpaired) electrons. The Morgan fingerprint density at radius 2 is 1.69 bits per heavy atom. The van der Waals surface area contributed by atoms with Crippen molar-refractivity contribution in [2.75, 3.05) is 0 Å². The summed E-state index contributed by atoms with van der Waals surface area (Å²) in [7, 11) is 0. The SMILES string of the molecule is CCCCc1ccc(-c2ccc(-n3cncc3C(=O)NCc3cccc(I)c3)cc2)cc1. The van der Waals surface area contributed by atoms with Crippen LogP contribution in [0.5, 0.6) is 0 Å².